The number of likely N-dealkylation sites (N-methyl/N-ethyl adjacent to an activating group) is 1. The largest absolute Gasteiger partial charge is 0.389 e. The van der Waals surface area contributed by atoms with Crippen LogP contribution in [0.5, 0.6) is 0 Å². The summed E-state index contributed by atoms with van der Waals surface area (Å²) in [4.78, 5) is 2.31. The minimum atomic E-state index is -0.431. The molecule has 0 aromatic carbocycles. The Labute approximate surface area is 101 Å². The molecule has 3 nitrogen and oxygen atoms in total. The molecule has 0 rings (SSSR count). The van der Waals surface area contributed by atoms with E-state index in [1.807, 2.05) is 13.8 Å². The molecule has 0 fully saturated rings. The highest BCUT2D eigenvalue weighted by Gasteiger charge is 2.35. The van der Waals surface area contributed by atoms with E-state index in [1.165, 1.54) is 0 Å². The second-order valence-electron chi connectivity index (χ2n) is 4.78. The summed E-state index contributed by atoms with van der Waals surface area (Å²) in [5.74, 6) is 0. The van der Waals surface area contributed by atoms with Gasteiger partial charge in [-0.15, -0.1) is 0 Å². The summed E-state index contributed by atoms with van der Waals surface area (Å²) in [5, 5.41) is 10.3. The topological polar surface area (TPSA) is 32.7 Å². The molecule has 2 atom stereocenters. The summed E-state index contributed by atoms with van der Waals surface area (Å²) in [6.07, 6.45) is 0.671. The molecule has 0 bridgehead atoms. The molecule has 0 aromatic heterocycles. The van der Waals surface area contributed by atoms with Gasteiger partial charge < -0.3 is 9.84 Å². The van der Waals surface area contributed by atoms with Crippen molar-refractivity contribution in [3.8, 4) is 0 Å². The number of hydrogen-bond donors (Lipinski definition) is 1. The van der Waals surface area contributed by atoms with Gasteiger partial charge in [-0.1, -0.05) is 20.8 Å². The van der Waals surface area contributed by atoms with Crippen molar-refractivity contribution in [1.82, 2.24) is 4.90 Å². The third-order valence-electron chi connectivity index (χ3n) is 3.51. The molecule has 0 amide bonds. The molecule has 0 aliphatic carbocycles. The summed E-state index contributed by atoms with van der Waals surface area (Å²) in [6.45, 7) is 14.8. The molecular weight excluding hydrogens is 202 g/mol. The highest BCUT2D eigenvalue weighted by Crippen LogP contribution is 2.24. The lowest BCUT2D eigenvalue weighted by Crippen LogP contribution is -2.55. The molecule has 0 saturated carbocycles. The molecule has 3 heteroatoms. The van der Waals surface area contributed by atoms with Gasteiger partial charge >= 0.3 is 0 Å². The van der Waals surface area contributed by atoms with Gasteiger partial charge in [-0.2, -0.15) is 0 Å². The number of nitrogens with zero attached hydrogens (tertiary/aromatic N) is 1. The number of ether oxygens (including phenoxy) is 1. The third kappa shape index (κ3) is 4.04. The van der Waals surface area contributed by atoms with E-state index in [1.54, 1.807) is 0 Å². The Morgan fingerprint density at radius 3 is 2.00 bits per heavy atom. The highest BCUT2D eigenvalue weighted by atomic mass is 16.5. The Morgan fingerprint density at radius 1 is 1.19 bits per heavy atom. The van der Waals surface area contributed by atoms with Gasteiger partial charge in [0.05, 0.1) is 18.8 Å². The average molecular weight is 231 g/mol. The van der Waals surface area contributed by atoms with Gasteiger partial charge in [-0.3, -0.25) is 4.90 Å². The minimum absolute atomic E-state index is 0.174. The van der Waals surface area contributed by atoms with Gasteiger partial charge in [0.2, 0.25) is 0 Å². The summed E-state index contributed by atoms with van der Waals surface area (Å²) < 4.78 is 5.51. The summed E-state index contributed by atoms with van der Waals surface area (Å²) in [7, 11) is 0. The zero-order valence-corrected chi connectivity index (χ0v) is 11.8. The van der Waals surface area contributed by atoms with Crippen LogP contribution >= 0.6 is 0 Å². The number of hydrogen-bond acceptors (Lipinski definition) is 3. The zero-order valence-electron chi connectivity index (χ0n) is 11.8. The van der Waals surface area contributed by atoms with Gasteiger partial charge in [-0.05, 0) is 40.3 Å². The third-order valence-corrected chi connectivity index (χ3v) is 3.51. The van der Waals surface area contributed by atoms with Crippen LogP contribution in [0.4, 0.5) is 0 Å². The van der Waals surface area contributed by atoms with Gasteiger partial charge in [0, 0.05) is 5.54 Å². The first-order chi connectivity index (χ1) is 7.42. The predicted molar refractivity (Wildman–Crippen MR) is 68.7 cm³/mol. The molecule has 0 aromatic rings. The molecule has 0 heterocycles. The van der Waals surface area contributed by atoms with Crippen LogP contribution in [-0.4, -0.2) is 47.4 Å². The highest BCUT2D eigenvalue weighted by molar-refractivity contribution is 4.91. The van der Waals surface area contributed by atoms with Crippen LogP contribution in [0.15, 0.2) is 0 Å². The predicted octanol–water partition coefficient (Wildman–Crippen LogP) is 2.28. The molecule has 0 aliphatic heterocycles. The monoisotopic (exact) mass is 231 g/mol. The fraction of sp³-hybridized carbons (Fsp3) is 1.00. The second-order valence-corrected chi connectivity index (χ2v) is 4.78. The van der Waals surface area contributed by atoms with E-state index in [4.69, 9.17) is 4.74 Å². The van der Waals surface area contributed by atoms with Crippen LogP contribution in [0.1, 0.15) is 48.0 Å². The Hall–Kier alpha value is -0.120. The molecule has 0 spiro atoms. The fourth-order valence-electron chi connectivity index (χ4n) is 2.08. The molecule has 2 unspecified atom stereocenters. The standard InChI is InChI=1S/C13H29NO2/c1-7-13(6,14(8-2)9-3)12(15)10-16-11(4)5/h11-12,15H,7-10H2,1-6H3. The van der Waals surface area contributed by atoms with E-state index in [-0.39, 0.29) is 11.6 Å². The molecule has 1 N–H and O–H groups in total. The van der Waals surface area contributed by atoms with Gasteiger partial charge in [-0.25, -0.2) is 0 Å². The van der Waals surface area contributed by atoms with E-state index in [2.05, 4.69) is 32.6 Å². The average Bonchev–Trinajstić information content (AvgIpc) is 2.26. The first-order valence-corrected chi connectivity index (χ1v) is 6.47. The Morgan fingerprint density at radius 2 is 1.69 bits per heavy atom. The lowest BCUT2D eigenvalue weighted by molar-refractivity contribution is -0.0759. The molecular formula is C13H29NO2. The molecule has 0 aliphatic rings. The maximum atomic E-state index is 10.3. The molecule has 0 saturated heterocycles. The smallest absolute Gasteiger partial charge is 0.0954 e. The van der Waals surface area contributed by atoms with Gasteiger partial charge in [0.15, 0.2) is 0 Å². The lowest BCUT2D eigenvalue weighted by Gasteiger charge is -2.43. The maximum Gasteiger partial charge on any atom is 0.0954 e. The molecule has 0 radical (unpaired) electrons. The number of rotatable bonds is 8. The first-order valence-electron chi connectivity index (χ1n) is 6.47. The fourth-order valence-corrected chi connectivity index (χ4v) is 2.08. The summed E-state index contributed by atoms with van der Waals surface area (Å²) >= 11 is 0. The quantitative estimate of drug-likeness (QED) is 0.695. The normalized spacial score (nSPS) is 17.8. The van der Waals surface area contributed by atoms with Crippen molar-refractivity contribution in [2.75, 3.05) is 19.7 Å². The van der Waals surface area contributed by atoms with Crippen LogP contribution in [0.2, 0.25) is 0 Å². The second kappa shape index (κ2) is 7.25. The van der Waals surface area contributed by atoms with Gasteiger partial charge in [0.25, 0.3) is 0 Å². The first kappa shape index (κ1) is 15.9. The maximum absolute atomic E-state index is 10.3. The van der Waals surface area contributed by atoms with Crippen LogP contribution in [0.25, 0.3) is 0 Å². The van der Waals surface area contributed by atoms with Crippen molar-refractivity contribution >= 4 is 0 Å². The molecule has 16 heavy (non-hydrogen) atoms. The van der Waals surface area contributed by atoms with Crippen LogP contribution in [0, 0.1) is 0 Å². The van der Waals surface area contributed by atoms with Crippen molar-refractivity contribution in [1.29, 1.82) is 0 Å². The zero-order chi connectivity index (χ0) is 12.8. The van der Waals surface area contributed by atoms with Crippen molar-refractivity contribution in [2.45, 2.75) is 65.7 Å². The van der Waals surface area contributed by atoms with E-state index in [0.29, 0.717) is 6.61 Å². The van der Waals surface area contributed by atoms with Crippen LogP contribution in [-0.2, 0) is 4.74 Å². The number of aliphatic hydroxyl groups is 1. The van der Waals surface area contributed by atoms with E-state index in [9.17, 15) is 5.11 Å². The summed E-state index contributed by atoms with van der Waals surface area (Å²) in [5.41, 5.74) is -0.182. The summed E-state index contributed by atoms with van der Waals surface area (Å²) in [6, 6.07) is 0. The number of aliphatic hydroxyl groups excluding tert-OH is 1. The van der Waals surface area contributed by atoms with Crippen LogP contribution < -0.4 is 0 Å². The van der Waals surface area contributed by atoms with E-state index in [0.717, 1.165) is 19.5 Å². The van der Waals surface area contributed by atoms with Gasteiger partial charge in [0.1, 0.15) is 0 Å². The van der Waals surface area contributed by atoms with Crippen molar-refractivity contribution in [2.24, 2.45) is 0 Å². The minimum Gasteiger partial charge on any atom is -0.389 e. The van der Waals surface area contributed by atoms with Crippen LogP contribution in [0.3, 0.4) is 0 Å². The lowest BCUT2D eigenvalue weighted by atomic mass is 9.89. The van der Waals surface area contributed by atoms with Crippen molar-refractivity contribution < 1.29 is 9.84 Å². The molecule has 98 valence electrons. The van der Waals surface area contributed by atoms with Crippen molar-refractivity contribution in [3.05, 3.63) is 0 Å². The van der Waals surface area contributed by atoms with E-state index >= 15 is 0 Å². The van der Waals surface area contributed by atoms with E-state index < -0.39 is 6.10 Å². The Kier molecular flexibility index (Phi) is 7.20. The Bertz CT molecular complexity index is 181. The van der Waals surface area contributed by atoms with Crippen molar-refractivity contribution in [3.63, 3.8) is 0 Å². The SMILES string of the molecule is CCN(CC)C(C)(CC)C(O)COC(C)C. The Balaban J connectivity index is 4.53.